The molecule has 4 rings (SSSR count). The van der Waals surface area contributed by atoms with Crippen LogP contribution in [0.2, 0.25) is 0 Å². The van der Waals surface area contributed by atoms with Gasteiger partial charge in [0.25, 0.3) is 5.91 Å². The molecule has 32 heavy (non-hydrogen) atoms. The molecule has 1 aliphatic heterocycles. The number of ether oxygens (including phenoxy) is 2. The zero-order valence-corrected chi connectivity index (χ0v) is 17.7. The van der Waals surface area contributed by atoms with Gasteiger partial charge in [0.2, 0.25) is 5.89 Å². The number of hydrogen-bond acceptors (Lipinski definition) is 5. The lowest BCUT2D eigenvalue weighted by Crippen LogP contribution is -2.41. The van der Waals surface area contributed by atoms with Crippen molar-refractivity contribution in [1.29, 1.82) is 0 Å². The number of likely N-dealkylation sites (tertiary alicyclic amines) is 1. The van der Waals surface area contributed by atoms with E-state index in [1.54, 1.807) is 18.2 Å². The van der Waals surface area contributed by atoms with Gasteiger partial charge in [-0.05, 0) is 37.5 Å². The Morgan fingerprint density at radius 1 is 1.19 bits per heavy atom. The maximum absolute atomic E-state index is 13.8. The van der Waals surface area contributed by atoms with Crippen LogP contribution in [0.4, 0.5) is 8.78 Å². The second-order valence-corrected chi connectivity index (χ2v) is 7.62. The first-order valence-corrected chi connectivity index (χ1v) is 10.5. The molecule has 6 nitrogen and oxygen atoms in total. The minimum atomic E-state index is -0.846. The standard InChI is InChI=1S/C24H24F2N2O4/c1-30-21-8-3-2-6-16(21)12-18-14-27-24(32-18)20-7-4-5-11-28(20)23(29)15-31-22-10-9-17(25)13-19(22)26/h2-3,6,8-10,13-14,20H,4-5,7,11-12,15H2,1H3. The van der Waals surface area contributed by atoms with Gasteiger partial charge in [-0.3, -0.25) is 4.79 Å². The zero-order chi connectivity index (χ0) is 22.5. The number of hydrogen-bond donors (Lipinski definition) is 0. The SMILES string of the molecule is COc1ccccc1Cc1cnc(C2CCCCN2C(=O)COc2ccc(F)cc2F)o1. The average molecular weight is 442 g/mol. The summed E-state index contributed by atoms with van der Waals surface area (Å²) in [4.78, 5) is 18.9. The number of methoxy groups -OCH3 is 1. The van der Waals surface area contributed by atoms with E-state index in [0.29, 0.717) is 31.0 Å². The average Bonchev–Trinajstić information content (AvgIpc) is 3.27. The molecule has 0 spiro atoms. The van der Waals surface area contributed by atoms with Crippen molar-refractivity contribution in [3.8, 4) is 11.5 Å². The van der Waals surface area contributed by atoms with Crippen molar-refractivity contribution in [2.45, 2.75) is 31.7 Å². The Kier molecular flexibility index (Phi) is 6.68. The second kappa shape index (κ2) is 9.80. The van der Waals surface area contributed by atoms with E-state index in [4.69, 9.17) is 13.9 Å². The largest absolute Gasteiger partial charge is 0.496 e. The van der Waals surface area contributed by atoms with Gasteiger partial charge in [-0.15, -0.1) is 0 Å². The highest BCUT2D eigenvalue weighted by Crippen LogP contribution is 2.32. The fraction of sp³-hybridized carbons (Fsp3) is 0.333. The maximum atomic E-state index is 13.8. The summed E-state index contributed by atoms with van der Waals surface area (Å²) >= 11 is 0. The third kappa shape index (κ3) is 4.90. The number of para-hydroxylation sites is 1. The number of benzene rings is 2. The third-order valence-electron chi connectivity index (χ3n) is 5.48. The van der Waals surface area contributed by atoms with Gasteiger partial charge >= 0.3 is 0 Å². The number of amides is 1. The number of oxazole rings is 1. The first-order valence-electron chi connectivity index (χ1n) is 10.5. The molecule has 1 amide bonds. The summed E-state index contributed by atoms with van der Waals surface area (Å²) < 4.78 is 43.6. The number of aromatic nitrogens is 1. The molecule has 0 aliphatic carbocycles. The van der Waals surface area contributed by atoms with Crippen molar-refractivity contribution in [3.63, 3.8) is 0 Å². The number of carbonyl (C=O) groups is 1. The highest BCUT2D eigenvalue weighted by atomic mass is 19.1. The molecule has 1 aromatic heterocycles. The third-order valence-corrected chi connectivity index (χ3v) is 5.48. The zero-order valence-electron chi connectivity index (χ0n) is 17.7. The number of nitrogens with zero attached hydrogens (tertiary/aromatic N) is 2. The Balaban J connectivity index is 1.44. The molecule has 0 radical (unpaired) electrons. The predicted molar refractivity (Wildman–Crippen MR) is 112 cm³/mol. The summed E-state index contributed by atoms with van der Waals surface area (Å²) in [5.74, 6) is -0.105. The summed E-state index contributed by atoms with van der Waals surface area (Å²) in [5, 5.41) is 0. The smallest absolute Gasteiger partial charge is 0.261 e. The molecule has 0 saturated carbocycles. The molecule has 8 heteroatoms. The first-order chi connectivity index (χ1) is 15.5. The Morgan fingerprint density at radius 2 is 2.03 bits per heavy atom. The molecule has 168 valence electrons. The summed E-state index contributed by atoms with van der Waals surface area (Å²) in [5.41, 5.74) is 0.976. The normalized spacial score (nSPS) is 16.1. The van der Waals surface area contributed by atoms with Crippen LogP contribution in [0.3, 0.4) is 0 Å². The van der Waals surface area contributed by atoms with E-state index >= 15 is 0 Å². The topological polar surface area (TPSA) is 64.8 Å². The molecule has 2 aromatic carbocycles. The van der Waals surface area contributed by atoms with E-state index in [-0.39, 0.29) is 24.3 Å². The Morgan fingerprint density at radius 3 is 2.84 bits per heavy atom. The predicted octanol–water partition coefficient (Wildman–Crippen LogP) is 4.68. The Hall–Kier alpha value is -3.42. The molecular weight excluding hydrogens is 418 g/mol. The summed E-state index contributed by atoms with van der Waals surface area (Å²) in [6.45, 7) is 0.177. The van der Waals surface area contributed by atoms with Crippen molar-refractivity contribution in [1.82, 2.24) is 9.88 Å². The molecule has 2 heterocycles. The van der Waals surface area contributed by atoms with E-state index in [9.17, 15) is 13.6 Å². The van der Waals surface area contributed by atoms with E-state index in [1.165, 1.54) is 6.07 Å². The molecule has 3 aromatic rings. The molecule has 0 bridgehead atoms. The maximum Gasteiger partial charge on any atom is 0.261 e. The molecule has 1 fully saturated rings. The first kappa shape index (κ1) is 21.8. The van der Waals surface area contributed by atoms with Gasteiger partial charge in [-0.25, -0.2) is 13.8 Å². The van der Waals surface area contributed by atoms with Gasteiger partial charge in [0.15, 0.2) is 18.2 Å². The van der Waals surface area contributed by atoms with Gasteiger partial charge in [-0.2, -0.15) is 0 Å². The van der Waals surface area contributed by atoms with E-state index in [2.05, 4.69) is 4.98 Å². The molecule has 1 unspecified atom stereocenters. The fourth-order valence-corrected chi connectivity index (χ4v) is 3.90. The van der Waals surface area contributed by atoms with Crippen LogP contribution in [0.5, 0.6) is 11.5 Å². The van der Waals surface area contributed by atoms with Crippen molar-refractivity contribution < 1.29 is 27.5 Å². The fourth-order valence-electron chi connectivity index (χ4n) is 3.90. The summed E-state index contributed by atoms with van der Waals surface area (Å²) in [6.07, 6.45) is 4.69. The molecule has 1 atom stereocenters. The van der Waals surface area contributed by atoms with Crippen LogP contribution in [-0.2, 0) is 11.2 Å². The highest BCUT2D eigenvalue weighted by Gasteiger charge is 2.31. The van der Waals surface area contributed by atoms with Crippen LogP contribution in [0, 0.1) is 11.6 Å². The Bertz CT molecular complexity index is 1090. The van der Waals surface area contributed by atoms with Gasteiger partial charge in [-0.1, -0.05) is 18.2 Å². The van der Waals surface area contributed by atoms with Crippen molar-refractivity contribution in [2.75, 3.05) is 20.3 Å². The molecule has 1 saturated heterocycles. The van der Waals surface area contributed by atoms with Crippen LogP contribution < -0.4 is 9.47 Å². The lowest BCUT2D eigenvalue weighted by Gasteiger charge is -2.33. The van der Waals surface area contributed by atoms with Crippen LogP contribution >= 0.6 is 0 Å². The van der Waals surface area contributed by atoms with E-state index in [1.807, 2.05) is 24.3 Å². The van der Waals surface area contributed by atoms with Gasteiger partial charge < -0.3 is 18.8 Å². The van der Waals surface area contributed by atoms with Crippen LogP contribution in [-0.4, -0.2) is 36.1 Å². The monoisotopic (exact) mass is 442 g/mol. The Labute approximate surface area is 184 Å². The van der Waals surface area contributed by atoms with Crippen LogP contribution in [0.1, 0.15) is 42.5 Å². The molecule has 1 aliphatic rings. The van der Waals surface area contributed by atoms with Crippen molar-refractivity contribution in [3.05, 3.63) is 77.5 Å². The number of rotatable bonds is 7. The minimum absolute atomic E-state index is 0.163. The molecule has 0 N–H and O–H groups in total. The van der Waals surface area contributed by atoms with Gasteiger partial charge in [0.05, 0.1) is 13.3 Å². The lowest BCUT2D eigenvalue weighted by atomic mass is 10.0. The number of piperidine rings is 1. The van der Waals surface area contributed by atoms with Gasteiger partial charge in [0, 0.05) is 24.6 Å². The van der Waals surface area contributed by atoms with Crippen molar-refractivity contribution >= 4 is 5.91 Å². The van der Waals surface area contributed by atoms with Crippen LogP contribution in [0.15, 0.2) is 53.1 Å². The van der Waals surface area contributed by atoms with Crippen LogP contribution in [0.25, 0.3) is 0 Å². The van der Waals surface area contributed by atoms with E-state index in [0.717, 1.165) is 36.3 Å². The molecular formula is C24H24F2N2O4. The highest BCUT2D eigenvalue weighted by molar-refractivity contribution is 5.78. The summed E-state index contributed by atoms with van der Waals surface area (Å²) in [7, 11) is 1.62. The lowest BCUT2D eigenvalue weighted by molar-refractivity contribution is -0.137. The quantitative estimate of drug-likeness (QED) is 0.531. The summed E-state index contributed by atoms with van der Waals surface area (Å²) in [6, 6.07) is 10.3. The second-order valence-electron chi connectivity index (χ2n) is 7.62. The van der Waals surface area contributed by atoms with Gasteiger partial charge in [0.1, 0.15) is 23.4 Å². The minimum Gasteiger partial charge on any atom is -0.496 e. The number of carbonyl (C=O) groups excluding carboxylic acids is 1. The van der Waals surface area contributed by atoms with E-state index < -0.39 is 11.6 Å². The van der Waals surface area contributed by atoms with Crippen molar-refractivity contribution in [2.24, 2.45) is 0 Å². The number of halogens is 2.